The van der Waals surface area contributed by atoms with Gasteiger partial charge in [-0.3, -0.25) is 14.0 Å². The predicted molar refractivity (Wildman–Crippen MR) is 90.5 cm³/mol. The van der Waals surface area contributed by atoms with Gasteiger partial charge in [-0.15, -0.1) is 0 Å². The zero-order chi connectivity index (χ0) is 16.2. The quantitative estimate of drug-likeness (QED) is 0.551. The summed E-state index contributed by atoms with van der Waals surface area (Å²) in [5, 5.41) is 14.5. The van der Waals surface area contributed by atoms with Crippen LogP contribution in [0.3, 0.4) is 0 Å². The van der Waals surface area contributed by atoms with Crippen LogP contribution in [0, 0.1) is 0 Å². The second-order valence-electron chi connectivity index (χ2n) is 5.18. The molecule has 0 amide bonds. The molecule has 0 aliphatic heterocycles. The van der Waals surface area contributed by atoms with Crippen LogP contribution in [-0.2, 0) is 19.3 Å². The molecule has 0 atom stereocenters. The third-order valence-electron chi connectivity index (χ3n) is 3.64. The fourth-order valence-electron chi connectivity index (χ4n) is 2.37. The Bertz CT molecular complexity index is 872. The Balaban J connectivity index is 1.99. The molecule has 1 N–H and O–H groups in total. The molecule has 7 heteroatoms. The summed E-state index contributed by atoms with van der Waals surface area (Å²) in [7, 11) is 1.89. The molecule has 2 heterocycles. The molecule has 23 heavy (non-hydrogen) atoms. The summed E-state index contributed by atoms with van der Waals surface area (Å²) in [6.45, 7) is 0.506. The van der Waals surface area contributed by atoms with E-state index in [1.54, 1.807) is 16.8 Å². The van der Waals surface area contributed by atoms with Gasteiger partial charge >= 0.3 is 0 Å². The van der Waals surface area contributed by atoms with Crippen LogP contribution in [0.2, 0.25) is 0 Å². The highest BCUT2D eigenvalue weighted by Crippen LogP contribution is 2.22. The van der Waals surface area contributed by atoms with Crippen LogP contribution >= 0.6 is 11.8 Å². The Kier molecular flexibility index (Phi) is 4.78. The first-order valence-electron chi connectivity index (χ1n) is 7.41. The second kappa shape index (κ2) is 6.97. The van der Waals surface area contributed by atoms with Gasteiger partial charge in [-0.1, -0.05) is 23.9 Å². The molecule has 0 unspecified atom stereocenters. The number of fused-ring (bicyclic) bond motifs is 1. The number of hydrogen-bond donors (Lipinski definition) is 1. The molecule has 1 aromatic carbocycles. The summed E-state index contributed by atoms with van der Waals surface area (Å²) in [5.41, 5.74) is 1.70. The van der Waals surface area contributed by atoms with Gasteiger partial charge in [0, 0.05) is 37.8 Å². The van der Waals surface area contributed by atoms with E-state index in [4.69, 9.17) is 5.11 Å². The van der Waals surface area contributed by atoms with Crippen molar-refractivity contribution in [1.29, 1.82) is 0 Å². The Hall–Kier alpha value is -2.12. The molecule has 3 aromatic rings. The van der Waals surface area contributed by atoms with Crippen molar-refractivity contribution in [2.75, 3.05) is 6.61 Å². The molecule has 3 rings (SSSR count). The van der Waals surface area contributed by atoms with Gasteiger partial charge in [0.15, 0.2) is 5.16 Å². The fraction of sp³-hybridized carbons (Fsp3) is 0.312. The third-order valence-corrected chi connectivity index (χ3v) is 4.65. The SMILES string of the molecule is Cn1nccc1CSc1nc2ccccc2c(=O)n1CCCO. The van der Waals surface area contributed by atoms with Crippen molar-refractivity contribution in [2.24, 2.45) is 7.05 Å². The number of thioether (sulfide) groups is 1. The topological polar surface area (TPSA) is 72.9 Å². The van der Waals surface area contributed by atoms with Gasteiger partial charge in [0.25, 0.3) is 5.56 Å². The maximum atomic E-state index is 12.7. The maximum absolute atomic E-state index is 12.7. The first kappa shape index (κ1) is 15.8. The smallest absolute Gasteiger partial charge is 0.262 e. The number of aryl methyl sites for hydroxylation is 1. The summed E-state index contributed by atoms with van der Waals surface area (Å²) < 4.78 is 3.46. The van der Waals surface area contributed by atoms with Crippen LogP contribution in [0.5, 0.6) is 0 Å². The molecule has 0 fully saturated rings. The lowest BCUT2D eigenvalue weighted by atomic mass is 10.2. The van der Waals surface area contributed by atoms with Gasteiger partial charge in [-0.2, -0.15) is 5.10 Å². The standard InChI is InChI=1S/C16H18N4O2S/c1-19-12(7-8-17-19)11-23-16-18-14-6-3-2-5-13(14)15(22)20(16)9-4-10-21/h2-3,5-8,21H,4,9-11H2,1H3. The monoisotopic (exact) mass is 330 g/mol. The zero-order valence-corrected chi connectivity index (χ0v) is 13.7. The molecule has 0 spiro atoms. The Morgan fingerprint density at radius 3 is 2.83 bits per heavy atom. The van der Waals surface area contributed by atoms with Gasteiger partial charge < -0.3 is 5.11 Å². The number of aliphatic hydroxyl groups excluding tert-OH is 1. The molecule has 0 saturated carbocycles. The zero-order valence-electron chi connectivity index (χ0n) is 12.8. The predicted octanol–water partition coefficient (Wildman–Crippen LogP) is 1.80. The number of benzene rings is 1. The minimum absolute atomic E-state index is 0.0467. The van der Waals surface area contributed by atoms with Crippen molar-refractivity contribution in [3.05, 3.63) is 52.6 Å². The molecular formula is C16H18N4O2S. The second-order valence-corrected chi connectivity index (χ2v) is 6.12. The van der Waals surface area contributed by atoms with Crippen LogP contribution in [0.25, 0.3) is 10.9 Å². The summed E-state index contributed by atoms with van der Waals surface area (Å²) in [4.78, 5) is 17.3. The van der Waals surface area contributed by atoms with E-state index in [0.29, 0.717) is 34.8 Å². The van der Waals surface area contributed by atoms with E-state index in [0.717, 1.165) is 5.69 Å². The van der Waals surface area contributed by atoms with E-state index in [1.165, 1.54) is 11.8 Å². The largest absolute Gasteiger partial charge is 0.396 e. The van der Waals surface area contributed by atoms with Crippen molar-refractivity contribution in [1.82, 2.24) is 19.3 Å². The fourth-order valence-corrected chi connectivity index (χ4v) is 3.42. The summed E-state index contributed by atoms with van der Waals surface area (Å²) >= 11 is 1.51. The molecule has 0 saturated heterocycles. The molecule has 0 aliphatic rings. The Morgan fingerprint density at radius 2 is 2.09 bits per heavy atom. The van der Waals surface area contributed by atoms with E-state index in [2.05, 4.69) is 10.1 Å². The summed E-state index contributed by atoms with van der Waals surface area (Å²) in [6, 6.07) is 9.30. The van der Waals surface area contributed by atoms with Crippen LogP contribution in [0.1, 0.15) is 12.1 Å². The summed E-state index contributed by atoms with van der Waals surface area (Å²) in [5.74, 6) is 0.681. The van der Waals surface area contributed by atoms with Gasteiger partial charge in [-0.25, -0.2) is 4.98 Å². The molecule has 120 valence electrons. The first-order chi connectivity index (χ1) is 11.2. The van der Waals surface area contributed by atoms with Crippen molar-refractivity contribution in [2.45, 2.75) is 23.9 Å². The number of para-hydroxylation sites is 1. The number of nitrogens with zero attached hydrogens (tertiary/aromatic N) is 4. The van der Waals surface area contributed by atoms with E-state index in [1.807, 2.05) is 36.0 Å². The van der Waals surface area contributed by atoms with E-state index in [-0.39, 0.29) is 12.2 Å². The van der Waals surface area contributed by atoms with E-state index in [9.17, 15) is 4.79 Å². The lowest BCUT2D eigenvalue weighted by Crippen LogP contribution is -2.24. The molecule has 0 bridgehead atoms. The minimum atomic E-state index is -0.0587. The maximum Gasteiger partial charge on any atom is 0.262 e. The number of hydrogen-bond acceptors (Lipinski definition) is 5. The molecule has 6 nitrogen and oxygen atoms in total. The van der Waals surface area contributed by atoms with E-state index < -0.39 is 0 Å². The van der Waals surface area contributed by atoms with Crippen molar-refractivity contribution in [3.8, 4) is 0 Å². The highest BCUT2D eigenvalue weighted by molar-refractivity contribution is 7.98. The van der Waals surface area contributed by atoms with Gasteiger partial charge in [0.1, 0.15) is 0 Å². The van der Waals surface area contributed by atoms with Crippen molar-refractivity contribution < 1.29 is 5.11 Å². The number of aromatic nitrogens is 4. The lowest BCUT2D eigenvalue weighted by molar-refractivity contribution is 0.276. The lowest BCUT2D eigenvalue weighted by Gasteiger charge is -2.12. The highest BCUT2D eigenvalue weighted by Gasteiger charge is 2.12. The Morgan fingerprint density at radius 1 is 1.26 bits per heavy atom. The van der Waals surface area contributed by atoms with Gasteiger partial charge in [0.05, 0.1) is 10.9 Å². The highest BCUT2D eigenvalue weighted by atomic mass is 32.2. The van der Waals surface area contributed by atoms with Gasteiger partial charge in [-0.05, 0) is 24.6 Å². The van der Waals surface area contributed by atoms with Crippen molar-refractivity contribution in [3.63, 3.8) is 0 Å². The van der Waals surface area contributed by atoms with Crippen LogP contribution in [-0.4, -0.2) is 31.0 Å². The normalized spacial score (nSPS) is 11.2. The molecular weight excluding hydrogens is 312 g/mol. The van der Waals surface area contributed by atoms with Gasteiger partial charge in [0.2, 0.25) is 0 Å². The number of rotatable bonds is 6. The molecule has 0 aliphatic carbocycles. The average Bonchev–Trinajstić information content (AvgIpc) is 2.97. The summed E-state index contributed by atoms with van der Waals surface area (Å²) in [6.07, 6.45) is 2.28. The van der Waals surface area contributed by atoms with Crippen LogP contribution in [0.15, 0.2) is 46.5 Å². The van der Waals surface area contributed by atoms with Crippen LogP contribution in [0.4, 0.5) is 0 Å². The first-order valence-corrected chi connectivity index (χ1v) is 8.39. The number of aliphatic hydroxyl groups is 1. The third kappa shape index (κ3) is 3.30. The van der Waals surface area contributed by atoms with Crippen LogP contribution < -0.4 is 5.56 Å². The van der Waals surface area contributed by atoms with Crippen molar-refractivity contribution >= 4 is 22.7 Å². The van der Waals surface area contributed by atoms with E-state index >= 15 is 0 Å². The Labute approximate surface area is 137 Å². The molecule has 0 radical (unpaired) electrons. The minimum Gasteiger partial charge on any atom is -0.396 e. The molecule has 2 aromatic heterocycles. The average molecular weight is 330 g/mol.